The summed E-state index contributed by atoms with van der Waals surface area (Å²) < 4.78 is 0. The van der Waals surface area contributed by atoms with Gasteiger partial charge < -0.3 is 15.3 Å². The molecule has 3 heteroatoms. The molecule has 0 aromatic heterocycles. The van der Waals surface area contributed by atoms with Crippen LogP contribution in [-0.4, -0.2) is 21.3 Å². The van der Waals surface area contributed by atoms with Crippen molar-refractivity contribution in [3.8, 4) is 0 Å². The van der Waals surface area contributed by atoms with E-state index in [4.69, 9.17) is 0 Å². The first-order valence-corrected chi connectivity index (χ1v) is 13.2. The summed E-state index contributed by atoms with van der Waals surface area (Å²) in [6, 6.07) is 0. The molecule has 0 aliphatic carbocycles. The van der Waals surface area contributed by atoms with E-state index < -0.39 is 11.4 Å². The molecule has 0 radical (unpaired) electrons. The van der Waals surface area contributed by atoms with Crippen LogP contribution in [0.5, 0.6) is 0 Å². The van der Waals surface area contributed by atoms with Crippen molar-refractivity contribution in [2.24, 2.45) is 5.41 Å². The van der Waals surface area contributed by atoms with Gasteiger partial charge >= 0.3 is 0 Å². The molecule has 3 N–H and O–H groups in total. The predicted octanol–water partition coefficient (Wildman–Crippen LogP) is 8.85. The summed E-state index contributed by atoms with van der Waals surface area (Å²) in [5.74, 6) is -2.78. The van der Waals surface area contributed by atoms with Gasteiger partial charge in [0.15, 0.2) is 0 Å². The molecule has 0 bridgehead atoms. The summed E-state index contributed by atoms with van der Waals surface area (Å²) in [7, 11) is 0. The highest BCUT2D eigenvalue weighted by Gasteiger charge is 2.46. The molecular weight excluding hydrogens is 432 g/mol. The highest BCUT2D eigenvalue weighted by molar-refractivity contribution is 5.12. The number of hydrogen-bond acceptors (Lipinski definition) is 3. The van der Waals surface area contributed by atoms with Gasteiger partial charge in [0.05, 0.1) is 5.41 Å². The molecule has 0 spiro atoms. The van der Waals surface area contributed by atoms with Gasteiger partial charge in [-0.1, -0.05) is 69.9 Å². The summed E-state index contributed by atoms with van der Waals surface area (Å²) >= 11 is 0. The molecule has 200 valence electrons. The molecule has 0 aliphatic rings. The van der Waals surface area contributed by atoms with Gasteiger partial charge in [-0.25, -0.2) is 0 Å². The maximum absolute atomic E-state index is 10.6. The van der Waals surface area contributed by atoms with Crippen LogP contribution in [0, 0.1) is 5.41 Å². The Labute approximate surface area is 216 Å². The van der Waals surface area contributed by atoms with Crippen molar-refractivity contribution in [2.75, 3.05) is 0 Å². The normalized spacial score (nSPS) is 14.9. The van der Waals surface area contributed by atoms with E-state index in [1.165, 1.54) is 33.4 Å². The van der Waals surface area contributed by atoms with Crippen LogP contribution in [0.3, 0.4) is 0 Å². The van der Waals surface area contributed by atoms with Gasteiger partial charge in [-0.05, 0) is 120 Å². The molecule has 0 saturated heterocycles. The smallest absolute Gasteiger partial charge is 0.282 e. The molecule has 0 rings (SSSR count). The number of aliphatic hydroxyl groups is 3. The average molecular weight is 487 g/mol. The van der Waals surface area contributed by atoms with E-state index in [0.717, 1.165) is 38.5 Å². The van der Waals surface area contributed by atoms with E-state index in [1.807, 2.05) is 0 Å². The molecule has 0 atom stereocenters. The van der Waals surface area contributed by atoms with Crippen LogP contribution in [0.2, 0.25) is 0 Å². The maximum Gasteiger partial charge on any atom is 0.282 e. The van der Waals surface area contributed by atoms with Gasteiger partial charge in [0.2, 0.25) is 0 Å². The molecule has 0 unspecified atom stereocenters. The topological polar surface area (TPSA) is 60.7 Å². The van der Waals surface area contributed by atoms with Crippen molar-refractivity contribution < 1.29 is 15.3 Å². The van der Waals surface area contributed by atoms with Crippen molar-refractivity contribution in [1.29, 1.82) is 0 Å². The average Bonchev–Trinajstić information content (AvgIpc) is 2.71. The van der Waals surface area contributed by atoms with Crippen LogP contribution in [0.4, 0.5) is 0 Å². The fourth-order valence-electron chi connectivity index (χ4n) is 3.84. The largest absolute Gasteiger partial charge is 0.343 e. The van der Waals surface area contributed by atoms with Crippen LogP contribution >= 0.6 is 0 Å². The highest BCUT2D eigenvalue weighted by Crippen LogP contribution is 2.42. The third kappa shape index (κ3) is 15.8. The fraction of sp³-hybridized carbons (Fsp3) is 0.625. The van der Waals surface area contributed by atoms with Gasteiger partial charge in [0, 0.05) is 0 Å². The summed E-state index contributed by atoms with van der Waals surface area (Å²) in [5, 5.41) is 31.8. The van der Waals surface area contributed by atoms with Crippen molar-refractivity contribution in [3.63, 3.8) is 0 Å². The molecular formula is C32H54O3. The lowest BCUT2D eigenvalue weighted by Crippen LogP contribution is -2.48. The lowest BCUT2D eigenvalue weighted by Gasteiger charge is -2.39. The molecule has 0 heterocycles. The Morgan fingerprint density at radius 1 is 0.457 bits per heavy atom. The maximum atomic E-state index is 10.6. The minimum absolute atomic E-state index is 0.395. The molecule has 0 fully saturated rings. The number of rotatable bonds is 16. The quantitative estimate of drug-likeness (QED) is 0.151. The molecule has 3 nitrogen and oxygen atoms in total. The second-order valence-electron chi connectivity index (χ2n) is 11.1. The van der Waals surface area contributed by atoms with Crippen molar-refractivity contribution in [2.45, 2.75) is 126 Å². The van der Waals surface area contributed by atoms with Crippen molar-refractivity contribution in [1.82, 2.24) is 0 Å². The van der Waals surface area contributed by atoms with Crippen LogP contribution in [-0.2, 0) is 0 Å². The van der Waals surface area contributed by atoms with Gasteiger partial charge in [0.25, 0.3) is 5.97 Å². The fourth-order valence-corrected chi connectivity index (χ4v) is 3.84. The predicted molar refractivity (Wildman–Crippen MR) is 153 cm³/mol. The Balaban J connectivity index is 5.88. The second-order valence-corrected chi connectivity index (χ2v) is 11.1. The Morgan fingerprint density at radius 3 is 0.914 bits per heavy atom. The van der Waals surface area contributed by atoms with Crippen LogP contribution in [0.1, 0.15) is 120 Å². The first-order chi connectivity index (χ1) is 16.2. The minimum Gasteiger partial charge on any atom is -0.343 e. The van der Waals surface area contributed by atoms with Gasteiger partial charge in [0.1, 0.15) is 0 Å². The second kappa shape index (κ2) is 16.9. The lowest BCUT2D eigenvalue weighted by atomic mass is 9.74. The van der Waals surface area contributed by atoms with Crippen molar-refractivity contribution in [3.05, 3.63) is 69.9 Å². The Morgan fingerprint density at radius 2 is 0.714 bits per heavy atom. The van der Waals surface area contributed by atoms with Crippen LogP contribution in [0.15, 0.2) is 69.9 Å². The molecule has 0 amide bonds. The summed E-state index contributed by atoms with van der Waals surface area (Å²) in [4.78, 5) is 0. The zero-order valence-corrected chi connectivity index (χ0v) is 24.2. The highest BCUT2D eigenvalue weighted by atomic mass is 16.7. The van der Waals surface area contributed by atoms with Crippen LogP contribution in [0.25, 0.3) is 0 Å². The number of hydrogen-bond donors (Lipinski definition) is 3. The Hall–Kier alpha value is -1.68. The van der Waals surface area contributed by atoms with Crippen LogP contribution < -0.4 is 0 Å². The monoisotopic (exact) mass is 486 g/mol. The minimum atomic E-state index is -2.78. The van der Waals surface area contributed by atoms with E-state index in [1.54, 1.807) is 0 Å². The molecule has 0 aromatic rings. The van der Waals surface area contributed by atoms with Gasteiger partial charge in [-0.15, -0.1) is 0 Å². The van der Waals surface area contributed by atoms with E-state index in [-0.39, 0.29) is 0 Å². The SMILES string of the molecule is CC(C)=CCCC(C)=CCC(CC=C(C)CCC=C(C)C)(CC=C(C)CCC=C(C)C)C(O)(O)O. The Bertz CT molecular complexity index is 700. The zero-order valence-electron chi connectivity index (χ0n) is 24.2. The van der Waals surface area contributed by atoms with E-state index in [9.17, 15) is 15.3 Å². The summed E-state index contributed by atoms with van der Waals surface area (Å²) in [6.07, 6.45) is 19.7. The molecule has 0 saturated carbocycles. The Kier molecular flexibility index (Phi) is 16.1. The van der Waals surface area contributed by atoms with Gasteiger partial charge in [-0.2, -0.15) is 0 Å². The molecule has 0 aromatic carbocycles. The first kappa shape index (κ1) is 33.3. The summed E-state index contributed by atoms with van der Waals surface area (Å²) in [5.41, 5.74) is 6.39. The number of allylic oxidation sites excluding steroid dienone is 12. The third-order valence-corrected chi connectivity index (χ3v) is 6.51. The summed E-state index contributed by atoms with van der Waals surface area (Å²) in [6.45, 7) is 18.8. The van der Waals surface area contributed by atoms with Gasteiger partial charge in [-0.3, -0.25) is 0 Å². The van der Waals surface area contributed by atoms with E-state index >= 15 is 0 Å². The van der Waals surface area contributed by atoms with E-state index in [0.29, 0.717) is 19.3 Å². The van der Waals surface area contributed by atoms with Crippen molar-refractivity contribution >= 4 is 0 Å². The standard InChI is InChI=1S/C32H54O3/c1-25(2)13-10-16-28(7)19-22-31(32(33,34)35,23-20-29(8)17-11-14-26(3)4)24-21-30(9)18-12-15-27(5)6/h13-15,19-21,33-35H,10-12,16-18,22-24H2,1-9H3. The first-order valence-electron chi connectivity index (χ1n) is 13.2. The zero-order chi connectivity index (χ0) is 27.1. The third-order valence-electron chi connectivity index (χ3n) is 6.51. The van der Waals surface area contributed by atoms with E-state index in [2.05, 4.69) is 98.8 Å². The molecule has 35 heavy (non-hydrogen) atoms. The lowest BCUT2D eigenvalue weighted by molar-refractivity contribution is -0.373. The molecule has 0 aliphatic heterocycles.